The zero-order chi connectivity index (χ0) is 21.5. The van der Waals surface area contributed by atoms with Gasteiger partial charge in [-0.3, -0.25) is 14.9 Å². The van der Waals surface area contributed by atoms with E-state index in [0.29, 0.717) is 49.7 Å². The van der Waals surface area contributed by atoms with Gasteiger partial charge >= 0.3 is 0 Å². The first-order valence-corrected chi connectivity index (χ1v) is 10.2. The lowest BCUT2D eigenvalue weighted by molar-refractivity contribution is -0.384. The molecule has 1 heterocycles. The number of nitro groups is 1. The number of hydrogen-bond donors (Lipinski definition) is 3. The van der Waals surface area contributed by atoms with Gasteiger partial charge in [0, 0.05) is 43.3 Å². The maximum Gasteiger partial charge on any atom is 0.269 e. The molecule has 160 valence electrons. The molecule has 0 radical (unpaired) electrons. The highest BCUT2D eigenvalue weighted by Gasteiger charge is 2.32. The molecule has 9 heteroatoms. The van der Waals surface area contributed by atoms with E-state index in [1.54, 1.807) is 29.2 Å². The smallest absolute Gasteiger partial charge is 0.269 e. The second kappa shape index (κ2) is 10.5. The van der Waals surface area contributed by atoms with Crippen LogP contribution in [0.1, 0.15) is 17.2 Å². The molecule has 30 heavy (non-hydrogen) atoms. The normalized spacial score (nSPS) is 16.1. The number of rotatable bonds is 8. The van der Waals surface area contributed by atoms with Crippen LogP contribution in [-0.4, -0.2) is 59.7 Å². The maximum atomic E-state index is 12.9. The molecule has 1 amide bonds. The van der Waals surface area contributed by atoms with Crippen LogP contribution in [0.15, 0.2) is 48.5 Å². The molecule has 1 saturated heterocycles. The van der Waals surface area contributed by atoms with E-state index >= 15 is 0 Å². The number of nitro benzene ring substituents is 1. The monoisotopic (exact) mass is 432 g/mol. The van der Waals surface area contributed by atoms with Crippen LogP contribution in [0.3, 0.4) is 0 Å². The van der Waals surface area contributed by atoms with Gasteiger partial charge in [-0.25, -0.2) is 0 Å². The van der Waals surface area contributed by atoms with Gasteiger partial charge in [0.25, 0.3) is 11.6 Å². The molecule has 2 aromatic carbocycles. The molecule has 8 nitrogen and oxygen atoms in total. The standard InChI is InChI=1S/C21H25ClN4O4/c22-17-6-4-15(5-7-17)8-9-24-19(16-2-1-3-18(14-16)26(29)30)20(27)21(28)25-12-10-23-11-13-25/h1-7,14,19-20,23-24,27H,8-13H2. The molecular weight excluding hydrogens is 408 g/mol. The van der Waals surface area contributed by atoms with Crippen LogP contribution in [0, 0.1) is 10.1 Å². The second-order valence-corrected chi connectivity index (χ2v) is 7.62. The quantitative estimate of drug-likeness (QED) is 0.434. The number of carbonyl (C=O) groups is 1. The number of benzene rings is 2. The Morgan fingerprint density at radius 2 is 1.93 bits per heavy atom. The number of nitrogens with one attached hydrogen (secondary N) is 2. The van der Waals surface area contributed by atoms with Crippen LogP contribution in [-0.2, 0) is 11.2 Å². The molecule has 2 aromatic rings. The number of aliphatic hydroxyl groups excluding tert-OH is 1. The molecule has 3 rings (SSSR count). The van der Waals surface area contributed by atoms with E-state index in [1.807, 2.05) is 12.1 Å². The van der Waals surface area contributed by atoms with E-state index in [4.69, 9.17) is 11.6 Å². The number of piperazine rings is 1. The van der Waals surface area contributed by atoms with Crippen molar-refractivity contribution in [3.8, 4) is 0 Å². The molecule has 0 aliphatic carbocycles. The number of nitrogens with zero attached hydrogens (tertiary/aromatic N) is 2. The van der Waals surface area contributed by atoms with Crippen molar-refractivity contribution in [3.63, 3.8) is 0 Å². The van der Waals surface area contributed by atoms with Crippen LogP contribution >= 0.6 is 11.6 Å². The molecule has 1 fully saturated rings. The molecule has 0 spiro atoms. The minimum atomic E-state index is -1.35. The summed E-state index contributed by atoms with van der Waals surface area (Å²) in [7, 11) is 0. The summed E-state index contributed by atoms with van der Waals surface area (Å²) in [5.74, 6) is -0.382. The fourth-order valence-corrected chi connectivity index (χ4v) is 3.61. The average Bonchev–Trinajstić information content (AvgIpc) is 2.77. The highest BCUT2D eigenvalue weighted by Crippen LogP contribution is 2.23. The summed E-state index contributed by atoms with van der Waals surface area (Å²) in [5.41, 5.74) is 1.46. The SMILES string of the molecule is O=C(C(O)C(NCCc1ccc(Cl)cc1)c1cccc([N+](=O)[O-])c1)N1CCNCC1. The zero-order valence-corrected chi connectivity index (χ0v) is 17.2. The Morgan fingerprint density at radius 3 is 2.60 bits per heavy atom. The van der Waals surface area contributed by atoms with Gasteiger partial charge in [0.05, 0.1) is 11.0 Å². The lowest BCUT2D eigenvalue weighted by atomic mass is 9.99. The summed E-state index contributed by atoms with van der Waals surface area (Å²) in [6.45, 7) is 2.85. The Bertz CT molecular complexity index is 872. The second-order valence-electron chi connectivity index (χ2n) is 7.18. The molecule has 2 unspecified atom stereocenters. The van der Waals surface area contributed by atoms with Gasteiger partial charge < -0.3 is 20.6 Å². The van der Waals surface area contributed by atoms with Gasteiger partial charge in [0.1, 0.15) is 0 Å². The molecule has 0 aromatic heterocycles. The highest BCUT2D eigenvalue weighted by atomic mass is 35.5. The molecule has 0 bridgehead atoms. The van der Waals surface area contributed by atoms with Crippen LogP contribution in [0.5, 0.6) is 0 Å². The lowest BCUT2D eigenvalue weighted by Crippen LogP contribution is -2.52. The van der Waals surface area contributed by atoms with E-state index in [-0.39, 0.29) is 11.6 Å². The number of hydrogen-bond acceptors (Lipinski definition) is 6. The molecule has 0 saturated carbocycles. The van der Waals surface area contributed by atoms with Gasteiger partial charge in [0.15, 0.2) is 6.10 Å². The zero-order valence-electron chi connectivity index (χ0n) is 16.5. The summed E-state index contributed by atoms with van der Waals surface area (Å²) in [5, 5.41) is 29.1. The number of non-ortho nitro benzene ring substituents is 1. The first-order valence-electron chi connectivity index (χ1n) is 9.85. The molecule has 3 N–H and O–H groups in total. The van der Waals surface area contributed by atoms with Gasteiger partial charge in [-0.15, -0.1) is 0 Å². The number of halogens is 1. The van der Waals surface area contributed by atoms with E-state index < -0.39 is 17.1 Å². The summed E-state index contributed by atoms with van der Waals surface area (Å²) in [6.07, 6.45) is -0.702. The molecule has 1 aliphatic rings. The molecule has 1 aliphatic heterocycles. The van der Waals surface area contributed by atoms with Crippen molar-refractivity contribution >= 4 is 23.2 Å². The minimum Gasteiger partial charge on any atom is -0.381 e. The van der Waals surface area contributed by atoms with Crippen molar-refractivity contribution in [2.45, 2.75) is 18.6 Å². The topological polar surface area (TPSA) is 108 Å². The highest BCUT2D eigenvalue weighted by molar-refractivity contribution is 6.30. The average molecular weight is 433 g/mol. The van der Waals surface area contributed by atoms with E-state index in [1.165, 1.54) is 12.1 Å². The van der Waals surface area contributed by atoms with Crippen LogP contribution in [0.4, 0.5) is 5.69 Å². The summed E-state index contributed by atoms with van der Waals surface area (Å²) < 4.78 is 0. The predicted molar refractivity (Wildman–Crippen MR) is 114 cm³/mol. The van der Waals surface area contributed by atoms with Crippen molar-refractivity contribution in [3.05, 3.63) is 74.8 Å². The summed E-state index contributed by atoms with van der Waals surface area (Å²) >= 11 is 5.92. The summed E-state index contributed by atoms with van der Waals surface area (Å²) in [6, 6.07) is 12.7. The van der Waals surface area contributed by atoms with Crippen molar-refractivity contribution in [1.82, 2.24) is 15.5 Å². The van der Waals surface area contributed by atoms with Crippen LogP contribution in [0.25, 0.3) is 0 Å². The van der Waals surface area contributed by atoms with Gasteiger partial charge in [-0.2, -0.15) is 0 Å². The van der Waals surface area contributed by atoms with Crippen LogP contribution < -0.4 is 10.6 Å². The Balaban J connectivity index is 1.76. The Hall–Kier alpha value is -2.52. The Labute approximate surface area is 180 Å². The van der Waals surface area contributed by atoms with Crippen LogP contribution in [0.2, 0.25) is 5.02 Å². The van der Waals surface area contributed by atoms with Crippen molar-refractivity contribution in [2.24, 2.45) is 0 Å². The number of carbonyl (C=O) groups excluding carboxylic acids is 1. The minimum absolute atomic E-state index is 0.0844. The largest absolute Gasteiger partial charge is 0.381 e. The molecular formula is C21H25ClN4O4. The maximum absolute atomic E-state index is 12.9. The number of amides is 1. The van der Waals surface area contributed by atoms with Crippen molar-refractivity contribution < 1.29 is 14.8 Å². The predicted octanol–water partition coefficient (Wildman–Crippen LogP) is 1.91. The first kappa shape index (κ1) is 22.2. The summed E-state index contributed by atoms with van der Waals surface area (Å²) in [4.78, 5) is 25.2. The van der Waals surface area contributed by atoms with Crippen molar-refractivity contribution in [1.29, 1.82) is 0 Å². The third-order valence-corrected chi connectivity index (χ3v) is 5.38. The van der Waals surface area contributed by atoms with Gasteiger partial charge in [-0.1, -0.05) is 35.9 Å². The van der Waals surface area contributed by atoms with Gasteiger partial charge in [0.2, 0.25) is 0 Å². The Kier molecular flexibility index (Phi) is 7.75. The third-order valence-electron chi connectivity index (χ3n) is 5.13. The molecule has 2 atom stereocenters. The lowest BCUT2D eigenvalue weighted by Gasteiger charge is -2.32. The Morgan fingerprint density at radius 1 is 1.23 bits per heavy atom. The first-order chi connectivity index (χ1) is 14.5. The van der Waals surface area contributed by atoms with E-state index in [9.17, 15) is 20.0 Å². The van der Waals surface area contributed by atoms with E-state index in [2.05, 4.69) is 10.6 Å². The fraction of sp³-hybridized carbons (Fsp3) is 0.381. The van der Waals surface area contributed by atoms with E-state index in [0.717, 1.165) is 5.56 Å². The number of aliphatic hydroxyl groups is 1. The van der Waals surface area contributed by atoms with Gasteiger partial charge in [-0.05, 0) is 36.2 Å². The van der Waals surface area contributed by atoms with Crippen molar-refractivity contribution in [2.75, 3.05) is 32.7 Å². The fourth-order valence-electron chi connectivity index (χ4n) is 3.48. The third kappa shape index (κ3) is 5.76.